The molecule has 108 valence electrons. The number of hydrogen-bond acceptors (Lipinski definition) is 3. The van der Waals surface area contributed by atoms with Crippen molar-refractivity contribution in [1.82, 2.24) is 4.90 Å². The molecule has 4 heteroatoms. The zero-order valence-corrected chi connectivity index (χ0v) is 11.9. The third kappa shape index (κ3) is 2.60. The van der Waals surface area contributed by atoms with Crippen molar-refractivity contribution in [2.75, 3.05) is 20.2 Å². The number of amides is 1. The smallest absolute Gasteiger partial charge is 0.410 e. The number of hydrogen-bond donors (Lipinski definition) is 0. The monoisotopic (exact) mass is 267 g/mol. The van der Waals surface area contributed by atoms with Crippen LogP contribution in [0.2, 0.25) is 0 Å². The Kier molecular flexibility index (Phi) is 3.70. The molecule has 0 aromatic rings. The standard InChI is InChI=1S/C15H25NO3/c1-18-12-4-2-5-13(12)19-14(17)16-10-8-15(9-11-16)6-3-7-15/h12-13H,2-11H2,1H3. The van der Waals surface area contributed by atoms with E-state index in [2.05, 4.69) is 0 Å². The number of ether oxygens (including phenoxy) is 2. The fraction of sp³-hybridized carbons (Fsp3) is 0.933. The molecule has 0 bridgehead atoms. The number of rotatable bonds is 2. The minimum Gasteiger partial charge on any atom is -0.443 e. The highest BCUT2D eigenvalue weighted by molar-refractivity contribution is 5.68. The van der Waals surface area contributed by atoms with Crippen LogP contribution in [-0.4, -0.2) is 43.4 Å². The molecule has 1 spiro atoms. The maximum Gasteiger partial charge on any atom is 0.410 e. The van der Waals surface area contributed by atoms with Crippen molar-refractivity contribution in [1.29, 1.82) is 0 Å². The highest BCUT2D eigenvalue weighted by atomic mass is 16.6. The van der Waals surface area contributed by atoms with Gasteiger partial charge in [-0.05, 0) is 50.4 Å². The van der Waals surface area contributed by atoms with Crippen LogP contribution in [0.3, 0.4) is 0 Å². The van der Waals surface area contributed by atoms with Gasteiger partial charge in [-0.2, -0.15) is 0 Å². The Balaban J connectivity index is 1.48. The summed E-state index contributed by atoms with van der Waals surface area (Å²) in [6.45, 7) is 1.76. The first-order valence-corrected chi connectivity index (χ1v) is 7.71. The van der Waals surface area contributed by atoms with Crippen molar-refractivity contribution in [3.8, 4) is 0 Å². The van der Waals surface area contributed by atoms with Gasteiger partial charge >= 0.3 is 6.09 Å². The minimum atomic E-state index is -0.122. The summed E-state index contributed by atoms with van der Waals surface area (Å²) in [6.07, 6.45) is 9.45. The molecule has 3 fully saturated rings. The first-order chi connectivity index (χ1) is 9.22. The third-order valence-corrected chi connectivity index (χ3v) is 5.44. The van der Waals surface area contributed by atoms with Crippen LogP contribution in [0.1, 0.15) is 51.4 Å². The van der Waals surface area contributed by atoms with E-state index in [-0.39, 0.29) is 18.3 Å². The van der Waals surface area contributed by atoms with Gasteiger partial charge in [0.05, 0.1) is 6.10 Å². The van der Waals surface area contributed by atoms with Crippen LogP contribution in [0, 0.1) is 5.41 Å². The summed E-state index contributed by atoms with van der Waals surface area (Å²) < 4.78 is 11.0. The predicted octanol–water partition coefficient (Wildman–Crippen LogP) is 2.96. The van der Waals surface area contributed by atoms with E-state index in [0.717, 1.165) is 32.4 Å². The Morgan fingerprint density at radius 2 is 1.74 bits per heavy atom. The van der Waals surface area contributed by atoms with Gasteiger partial charge in [-0.25, -0.2) is 4.79 Å². The van der Waals surface area contributed by atoms with E-state index < -0.39 is 0 Å². The molecule has 1 aliphatic heterocycles. The third-order valence-electron chi connectivity index (χ3n) is 5.44. The number of nitrogens with zero attached hydrogens (tertiary/aromatic N) is 1. The molecule has 0 radical (unpaired) electrons. The second kappa shape index (κ2) is 5.31. The summed E-state index contributed by atoms with van der Waals surface area (Å²) in [7, 11) is 1.71. The van der Waals surface area contributed by atoms with Crippen molar-refractivity contribution in [3.05, 3.63) is 0 Å². The van der Waals surface area contributed by atoms with E-state index in [1.807, 2.05) is 4.90 Å². The predicted molar refractivity (Wildman–Crippen MR) is 72.0 cm³/mol. The molecule has 1 heterocycles. The van der Waals surface area contributed by atoms with Crippen LogP contribution in [0.25, 0.3) is 0 Å². The van der Waals surface area contributed by atoms with Gasteiger partial charge in [-0.1, -0.05) is 6.42 Å². The number of piperidine rings is 1. The maximum atomic E-state index is 12.2. The molecule has 2 aliphatic carbocycles. The molecule has 0 N–H and O–H groups in total. The fourth-order valence-corrected chi connectivity index (χ4v) is 3.84. The summed E-state index contributed by atoms with van der Waals surface area (Å²) >= 11 is 0. The van der Waals surface area contributed by atoms with Crippen molar-refractivity contribution >= 4 is 6.09 Å². The van der Waals surface area contributed by atoms with Gasteiger partial charge in [0, 0.05) is 20.2 Å². The second-order valence-corrected chi connectivity index (χ2v) is 6.47. The first kappa shape index (κ1) is 13.2. The molecule has 19 heavy (non-hydrogen) atoms. The van der Waals surface area contributed by atoms with E-state index in [1.54, 1.807) is 7.11 Å². The molecule has 2 saturated carbocycles. The number of carbonyl (C=O) groups is 1. The molecule has 3 aliphatic rings. The lowest BCUT2D eigenvalue weighted by Crippen LogP contribution is -2.47. The van der Waals surface area contributed by atoms with Gasteiger partial charge in [-0.3, -0.25) is 0 Å². The van der Waals surface area contributed by atoms with Gasteiger partial charge in [0.2, 0.25) is 0 Å². The van der Waals surface area contributed by atoms with Gasteiger partial charge in [0.25, 0.3) is 0 Å². The van der Waals surface area contributed by atoms with Crippen LogP contribution < -0.4 is 0 Å². The zero-order chi connectivity index (χ0) is 13.3. The Morgan fingerprint density at radius 3 is 2.32 bits per heavy atom. The summed E-state index contributed by atoms with van der Waals surface area (Å²) in [5.41, 5.74) is 0.583. The summed E-state index contributed by atoms with van der Waals surface area (Å²) in [5.74, 6) is 0. The lowest BCUT2D eigenvalue weighted by Gasteiger charge is -2.47. The van der Waals surface area contributed by atoms with Gasteiger partial charge in [0.15, 0.2) is 0 Å². The Labute approximate surface area is 115 Å². The van der Waals surface area contributed by atoms with Crippen LogP contribution in [0.5, 0.6) is 0 Å². The molecular weight excluding hydrogens is 242 g/mol. The summed E-state index contributed by atoms with van der Waals surface area (Å²) in [6, 6.07) is 0. The molecule has 2 atom stereocenters. The lowest BCUT2D eigenvalue weighted by molar-refractivity contribution is -0.0272. The van der Waals surface area contributed by atoms with E-state index in [0.29, 0.717) is 5.41 Å². The lowest BCUT2D eigenvalue weighted by atomic mass is 9.63. The van der Waals surface area contributed by atoms with Crippen molar-refractivity contribution < 1.29 is 14.3 Å². The quantitative estimate of drug-likeness (QED) is 0.772. The van der Waals surface area contributed by atoms with Gasteiger partial charge < -0.3 is 14.4 Å². The molecule has 4 nitrogen and oxygen atoms in total. The van der Waals surface area contributed by atoms with Gasteiger partial charge in [-0.15, -0.1) is 0 Å². The fourth-order valence-electron chi connectivity index (χ4n) is 3.84. The van der Waals surface area contributed by atoms with Crippen LogP contribution >= 0.6 is 0 Å². The molecule has 1 saturated heterocycles. The average Bonchev–Trinajstić information content (AvgIpc) is 2.84. The second-order valence-electron chi connectivity index (χ2n) is 6.47. The maximum absolute atomic E-state index is 12.2. The van der Waals surface area contributed by atoms with Crippen molar-refractivity contribution in [3.63, 3.8) is 0 Å². The average molecular weight is 267 g/mol. The van der Waals surface area contributed by atoms with E-state index in [9.17, 15) is 4.79 Å². The SMILES string of the molecule is COC1CCCC1OC(=O)N1CCC2(CCC2)CC1. The molecular formula is C15H25NO3. The number of likely N-dealkylation sites (tertiary alicyclic amines) is 1. The van der Waals surface area contributed by atoms with Gasteiger partial charge in [0.1, 0.15) is 6.10 Å². The topological polar surface area (TPSA) is 38.8 Å². The number of methoxy groups -OCH3 is 1. The largest absolute Gasteiger partial charge is 0.443 e. The van der Waals surface area contributed by atoms with Crippen LogP contribution in [-0.2, 0) is 9.47 Å². The normalized spacial score (nSPS) is 33.2. The Morgan fingerprint density at radius 1 is 1.05 bits per heavy atom. The molecule has 2 unspecified atom stereocenters. The van der Waals surface area contributed by atoms with E-state index >= 15 is 0 Å². The zero-order valence-electron chi connectivity index (χ0n) is 11.9. The molecule has 0 aromatic carbocycles. The minimum absolute atomic E-state index is 0.0305. The highest BCUT2D eigenvalue weighted by Crippen LogP contribution is 2.48. The van der Waals surface area contributed by atoms with E-state index in [4.69, 9.17) is 9.47 Å². The van der Waals surface area contributed by atoms with Crippen LogP contribution in [0.4, 0.5) is 4.79 Å². The highest BCUT2D eigenvalue weighted by Gasteiger charge is 2.41. The Hall–Kier alpha value is -0.770. The first-order valence-electron chi connectivity index (χ1n) is 7.71. The Bertz CT molecular complexity index is 330. The summed E-state index contributed by atoms with van der Waals surface area (Å²) in [5, 5.41) is 0. The molecule has 0 aromatic heterocycles. The molecule has 1 amide bonds. The van der Waals surface area contributed by atoms with E-state index in [1.165, 1.54) is 32.1 Å². The van der Waals surface area contributed by atoms with Crippen molar-refractivity contribution in [2.24, 2.45) is 5.41 Å². The van der Waals surface area contributed by atoms with Crippen molar-refractivity contribution in [2.45, 2.75) is 63.6 Å². The number of carbonyl (C=O) groups excluding carboxylic acids is 1. The molecule has 3 rings (SSSR count). The van der Waals surface area contributed by atoms with Crippen LogP contribution in [0.15, 0.2) is 0 Å². The summed E-state index contributed by atoms with van der Waals surface area (Å²) in [4.78, 5) is 14.1.